The van der Waals surface area contributed by atoms with Crippen molar-refractivity contribution in [1.82, 2.24) is 0 Å². The lowest BCUT2D eigenvalue weighted by atomic mass is 10.7. The van der Waals surface area contributed by atoms with E-state index in [9.17, 15) is 13.2 Å². The van der Waals surface area contributed by atoms with E-state index >= 15 is 0 Å². The van der Waals surface area contributed by atoms with Crippen molar-refractivity contribution in [2.45, 2.75) is 4.71 Å². The number of hydrogen-bond acceptors (Lipinski definition) is 6. The molecule has 0 aromatic rings. The molecule has 0 aromatic carbocycles. The maximum absolute atomic E-state index is 10.6. The van der Waals surface area contributed by atoms with Crippen LogP contribution in [0.1, 0.15) is 0 Å². The summed E-state index contributed by atoms with van der Waals surface area (Å²) < 4.78 is 29.3. The summed E-state index contributed by atoms with van der Waals surface area (Å²) in [5.41, 5.74) is 0. The van der Waals surface area contributed by atoms with Crippen LogP contribution < -0.4 is 0 Å². The van der Waals surface area contributed by atoms with Crippen molar-refractivity contribution >= 4 is 44.7 Å². The van der Waals surface area contributed by atoms with Gasteiger partial charge in [0.2, 0.25) is 0 Å². The van der Waals surface area contributed by atoms with Crippen LogP contribution in [0, 0.1) is 0 Å². The Kier molecular flexibility index (Phi) is 3.81. The lowest BCUT2D eigenvalue weighted by Crippen LogP contribution is -2.24. The first-order chi connectivity index (χ1) is 6.41. The summed E-state index contributed by atoms with van der Waals surface area (Å²) in [5, 5.41) is 7.29. The van der Waals surface area contributed by atoms with E-state index in [1.54, 1.807) is 0 Å². The Hall–Kier alpha value is -0.250. The van der Waals surface area contributed by atoms with Crippen molar-refractivity contribution in [3.05, 3.63) is 0 Å². The highest BCUT2D eigenvalue weighted by atomic mass is 32.2. The highest BCUT2D eigenvalue weighted by Gasteiger charge is 2.27. The summed E-state index contributed by atoms with van der Waals surface area (Å²) in [4.78, 5) is 13.9. The van der Waals surface area contributed by atoms with Crippen molar-refractivity contribution in [2.75, 3.05) is 11.5 Å². The zero-order valence-corrected chi connectivity index (χ0v) is 9.23. The van der Waals surface area contributed by atoms with Crippen molar-refractivity contribution in [2.24, 2.45) is 4.99 Å². The molecule has 0 radical (unpaired) electrons. The summed E-state index contributed by atoms with van der Waals surface area (Å²) in [6, 6.07) is 0. The van der Waals surface area contributed by atoms with Crippen LogP contribution in [0.15, 0.2) is 4.99 Å². The standard InChI is InChI=1S/C5H7NO5S3/c7-4(8)3(14(9,10)11)6-5-12-1-2-13-5/h5H,1-2H2,(H,7,8)(H,9,10,11). The van der Waals surface area contributed by atoms with Crippen LogP contribution in [0.3, 0.4) is 0 Å². The summed E-state index contributed by atoms with van der Waals surface area (Å²) in [6.45, 7) is 0. The third kappa shape index (κ3) is 3.15. The van der Waals surface area contributed by atoms with E-state index in [4.69, 9.17) is 9.66 Å². The normalized spacial score (nSPS) is 19.9. The van der Waals surface area contributed by atoms with Gasteiger partial charge in [0, 0.05) is 11.5 Å². The quantitative estimate of drug-likeness (QED) is 0.390. The first-order valence-corrected chi connectivity index (χ1v) is 6.97. The molecule has 1 rings (SSSR count). The lowest BCUT2D eigenvalue weighted by molar-refractivity contribution is -0.129. The number of nitrogens with zero attached hydrogens (tertiary/aromatic N) is 1. The van der Waals surface area contributed by atoms with Crippen LogP contribution in [0.2, 0.25) is 0 Å². The number of aliphatic imine (C=N–C) groups is 1. The minimum Gasteiger partial charge on any atom is -0.476 e. The van der Waals surface area contributed by atoms with Crippen molar-refractivity contribution in [3.8, 4) is 0 Å². The van der Waals surface area contributed by atoms with Gasteiger partial charge in [-0.05, 0) is 0 Å². The molecule has 9 heteroatoms. The van der Waals surface area contributed by atoms with E-state index in [0.717, 1.165) is 11.5 Å². The van der Waals surface area contributed by atoms with E-state index in [-0.39, 0.29) is 0 Å². The number of carboxylic acid groups (broad SMARTS) is 1. The molecule has 0 spiro atoms. The second kappa shape index (κ2) is 4.51. The average Bonchev–Trinajstić information content (AvgIpc) is 2.48. The molecule has 2 N–H and O–H groups in total. The second-order valence-corrected chi connectivity index (χ2v) is 6.27. The van der Waals surface area contributed by atoms with Crippen LogP contribution in [0.25, 0.3) is 0 Å². The molecule has 1 saturated heterocycles. The third-order valence-electron chi connectivity index (χ3n) is 1.25. The Balaban J connectivity index is 2.93. The van der Waals surface area contributed by atoms with Gasteiger partial charge in [-0.3, -0.25) is 4.55 Å². The van der Waals surface area contributed by atoms with Gasteiger partial charge in [0.1, 0.15) is 4.71 Å². The van der Waals surface area contributed by atoms with Gasteiger partial charge in [0.25, 0.3) is 5.04 Å². The highest BCUT2D eigenvalue weighted by molar-refractivity contribution is 8.20. The summed E-state index contributed by atoms with van der Waals surface area (Å²) in [6.07, 6.45) is 0. The fraction of sp³-hybridized carbons (Fsp3) is 0.600. The van der Waals surface area contributed by atoms with Crippen molar-refractivity contribution < 1.29 is 22.9 Å². The van der Waals surface area contributed by atoms with Gasteiger partial charge < -0.3 is 5.11 Å². The number of carboxylic acids is 1. The minimum atomic E-state index is -4.73. The van der Waals surface area contributed by atoms with E-state index < -0.39 is 25.8 Å². The number of rotatable bonds is 1. The topological polar surface area (TPSA) is 104 Å². The third-order valence-corrected chi connectivity index (χ3v) is 4.76. The first kappa shape index (κ1) is 11.8. The lowest BCUT2D eigenvalue weighted by Gasteiger charge is -2.02. The Morgan fingerprint density at radius 2 is 1.86 bits per heavy atom. The molecule has 0 bridgehead atoms. The van der Waals surface area contributed by atoms with Gasteiger partial charge in [-0.2, -0.15) is 8.42 Å². The molecule has 1 aliphatic heterocycles. The van der Waals surface area contributed by atoms with Gasteiger partial charge in [-0.25, -0.2) is 9.79 Å². The average molecular weight is 257 g/mol. The van der Waals surface area contributed by atoms with Crippen LogP contribution in [-0.4, -0.2) is 45.3 Å². The van der Waals surface area contributed by atoms with Gasteiger partial charge in [-0.15, -0.1) is 23.5 Å². The maximum atomic E-state index is 10.6. The summed E-state index contributed by atoms with van der Waals surface area (Å²) >= 11 is 2.68. The molecule has 80 valence electrons. The Morgan fingerprint density at radius 1 is 1.36 bits per heavy atom. The van der Waals surface area contributed by atoms with Gasteiger partial charge in [0.05, 0.1) is 0 Å². The van der Waals surface area contributed by atoms with E-state index in [2.05, 4.69) is 4.99 Å². The molecule has 0 unspecified atom stereocenters. The monoisotopic (exact) mass is 257 g/mol. The SMILES string of the molecule is O=C(O)C(=NC1SCCS1)S(=O)(=O)O. The van der Waals surface area contributed by atoms with Gasteiger partial charge in [-0.1, -0.05) is 0 Å². The molecule has 0 aromatic heterocycles. The Morgan fingerprint density at radius 3 is 2.21 bits per heavy atom. The van der Waals surface area contributed by atoms with Crippen LogP contribution in [0.4, 0.5) is 0 Å². The van der Waals surface area contributed by atoms with Gasteiger partial charge in [0.15, 0.2) is 0 Å². The fourth-order valence-corrected chi connectivity index (χ4v) is 3.84. The van der Waals surface area contributed by atoms with E-state index in [1.165, 1.54) is 23.5 Å². The number of hydrogen-bond donors (Lipinski definition) is 2. The largest absolute Gasteiger partial charge is 0.476 e. The van der Waals surface area contributed by atoms with Crippen LogP contribution >= 0.6 is 23.5 Å². The van der Waals surface area contributed by atoms with Crippen LogP contribution in [-0.2, 0) is 14.9 Å². The predicted octanol–water partition coefficient (Wildman–Crippen LogP) is 0.121. The molecule has 1 heterocycles. The molecule has 14 heavy (non-hydrogen) atoms. The summed E-state index contributed by atoms with van der Waals surface area (Å²) in [5.74, 6) is -0.158. The zero-order chi connectivity index (χ0) is 10.8. The highest BCUT2D eigenvalue weighted by Crippen LogP contribution is 2.32. The molecule has 1 aliphatic rings. The molecule has 1 fully saturated rings. The fourth-order valence-electron chi connectivity index (χ4n) is 0.748. The number of carbonyl (C=O) groups is 1. The van der Waals surface area contributed by atoms with Crippen molar-refractivity contribution in [1.29, 1.82) is 0 Å². The molecule has 6 nitrogen and oxygen atoms in total. The molecule has 0 aliphatic carbocycles. The van der Waals surface area contributed by atoms with Crippen LogP contribution in [0.5, 0.6) is 0 Å². The second-order valence-electron chi connectivity index (χ2n) is 2.26. The minimum absolute atomic E-state index is 0.456. The predicted molar refractivity (Wildman–Crippen MR) is 55.3 cm³/mol. The molecule has 0 atom stereocenters. The Bertz CT molecular complexity index is 356. The first-order valence-electron chi connectivity index (χ1n) is 3.43. The Labute approximate surface area is 88.9 Å². The van der Waals surface area contributed by atoms with Crippen molar-refractivity contribution in [3.63, 3.8) is 0 Å². The number of thioether (sulfide) groups is 2. The summed E-state index contributed by atoms with van der Waals surface area (Å²) in [7, 11) is -4.73. The van der Waals surface area contributed by atoms with E-state index in [0.29, 0.717) is 0 Å². The van der Waals surface area contributed by atoms with Gasteiger partial charge >= 0.3 is 16.1 Å². The maximum Gasteiger partial charge on any atom is 0.368 e. The smallest absolute Gasteiger partial charge is 0.368 e. The van der Waals surface area contributed by atoms with E-state index in [1.807, 2.05) is 0 Å². The number of aliphatic carboxylic acids is 1. The molecular weight excluding hydrogens is 250 g/mol. The molecule has 0 amide bonds. The molecular formula is C5H7NO5S3. The zero-order valence-electron chi connectivity index (χ0n) is 6.78. The molecule has 0 saturated carbocycles.